The second-order valence-electron chi connectivity index (χ2n) is 8.01. The Labute approximate surface area is 180 Å². The summed E-state index contributed by atoms with van der Waals surface area (Å²) in [4.78, 5) is 27.6. The predicted octanol–water partition coefficient (Wildman–Crippen LogP) is 2.38. The normalized spacial score (nSPS) is 16.7. The molecule has 3 heterocycles. The molecule has 2 aliphatic heterocycles. The number of para-hydroxylation sites is 1. The van der Waals surface area contributed by atoms with Crippen molar-refractivity contribution in [2.45, 2.75) is 30.7 Å². The number of fused-ring (bicyclic) bond motifs is 2. The summed E-state index contributed by atoms with van der Waals surface area (Å²) < 4.78 is 28.7. The Morgan fingerprint density at radius 2 is 1.71 bits per heavy atom. The van der Waals surface area contributed by atoms with E-state index in [0.29, 0.717) is 30.5 Å². The molecule has 0 aliphatic carbocycles. The number of sulfonamides is 1. The maximum absolute atomic E-state index is 13.0. The molecular weight excluding hydrogens is 414 g/mol. The monoisotopic (exact) mass is 437 g/mol. The molecule has 31 heavy (non-hydrogen) atoms. The average molecular weight is 438 g/mol. The molecule has 1 saturated heterocycles. The number of hydrogen-bond donors (Lipinski definition) is 0. The van der Waals surface area contributed by atoms with Gasteiger partial charge in [0.25, 0.3) is 5.56 Å². The number of hydrogen-bond acceptors (Lipinski definition) is 4. The van der Waals surface area contributed by atoms with Crippen LogP contribution in [0, 0.1) is 0 Å². The van der Waals surface area contributed by atoms with Gasteiger partial charge in [-0.15, -0.1) is 0 Å². The standard InChI is InChI=1S/C23H23N3O4S/c27-22-10-7-18-15-19(31(29,30)24-12-3-4-13-24)8-9-21(18)26(22)16-23(28)25-14-11-17-5-1-2-6-20(17)25/h1-2,5-10,15H,3-4,11-14,16H2. The van der Waals surface area contributed by atoms with Gasteiger partial charge in [0.15, 0.2) is 0 Å². The second-order valence-corrected chi connectivity index (χ2v) is 9.95. The molecule has 7 nitrogen and oxygen atoms in total. The Balaban J connectivity index is 1.49. The predicted molar refractivity (Wildman–Crippen MR) is 119 cm³/mol. The molecule has 3 aromatic rings. The first kappa shape index (κ1) is 20.0. The van der Waals surface area contributed by atoms with E-state index in [0.717, 1.165) is 30.5 Å². The van der Waals surface area contributed by atoms with E-state index >= 15 is 0 Å². The Morgan fingerprint density at radius 3 is 2.52 bits per heavy atom. The van der Waals surface area contributed by atoms with Crippen molar-refractivity contribution in [2.75, 3.05) is 24.5 Å². The Hall–Kier alpha value is -2.97. The molecule has 8 heteroatoms. The zero-order chi connectivity index (χ0) is 21.6. The molecule has 1 fully saturated rings. The number of carbonyl (C=O) groups is 1. The molecule has 2 aliphatic rings. The Bertz CT molecular complexity index is 1340. The van der Waals surface area contributed by atoms with Gasteiger partial charge in [-0.2, -0.15) is 4.31 Å². The number of benzene rings is 2. The molecule has 2 aromatic carbocycles. The molecule has 0 unspecified atom stereocenters. The topological polar surface area (TPSA) is 79.7 Å². The summed E-state index contributed by atoms with van der Waals surface area (Å²) in [5.74, 6) is -0.159. The lowest BCUT2D eigenvalue weighted by Gasteiger charge is -2.19. The van der Waals surface area contributed by atoms with Gasteiger partial charge in [-0.25, -0.2) is 8.42 Å². The van der Waals surface area contributed by atoms with Crippen LogP contribution in [0.15, 0.2) is 64.3 Å². The highest BCUT2D eigenvalue weighted by atomic mass is 32.2. The molecule has 0 N–H and O–H groups in total. The number of anilines is 1. The van der Waals surface area contributed by atoms with Crippen LogP contribution in [0.5, 0.6) is 0 Å². The van der Waals surface area contributed by atoms with E-state index in [1.807, 2.05) is 24.3 Å². The van der Waals surface area contributed by atoms with Gasteiger partial charge < -0.3 is 4.90 Å². The molecule has 1 amide bonds. The second kappa shape index (κ2) is 7.62. The highest BCUT2D eigenvalue weighted by molar-refractivity contribution is 7.89. The van der Waals surface area contributed by atoms with Gasteiger partial charge in [-0.1, -0.05) is 18.2 Å². The maximum Gasteiger partial charge on any atom is 0.251 e. The average Bonchev–Trinajstić information content (AvgIpc) is 3.46. The number of rotatable bonds is 4. The third kappa shape index (κ3) is 3.45. The number of nitrogens with zero attached hydrogens (tertiary/aromatic N) is 3. The van der Waals surface area contributed by atoms with E-state index in [2.05, 4.69) is 0 Å². The van der Waals surface area contributed by atoms with Crippen molar-refractivity contribution in [1.82, 2.24) is 8.87 Å². The molecule has 5 rings (SSSR count). The Kier molecular flexibility index (Phi) is 4.91. The molecule has 0 saturated carbocycles. The van der Waals surface area contributed by atoms with Gasteiger partial charge in [0.2, 0.25) is 15.9 Å². The van der Waals surface area contributed by atoms with Gasteiger partial charge in [0.1, 0.15) is 6.54 Å². The van der Waals surface area contributed by atoms with Crippen LogP contribution in [-0.4, -0.2) is 42.8 Å². The van der Waals surface area contributed by atoms with Crippen LogP contribution < -0.4 is 10.5 Å². The van der Waals surface area contributed by atoms with E-state index in [9.17, 15) is 18.0 Å². The molecule has 0 radical (unpaired) electrons. The fraction of sp³-hybridized carbons (Fsp3) is 0.304. The Morgan fingerprint density at radius 1 is 0.935 bits per heavy atom. The molecule has 0 bridgehead atoms. The highest BCUT2D eigenvalue weighted by Crippen LogP contribution is 2.28. The quantitative estimate of drug-likeness (QED) is 0.628. The lowest BCUT2D eigenvalue weighted by Crippen LogP contribution is -2.35. The summed E-state index contributed by atoms with van der Waals surface area (Å²) in [5.41, 5.74) is 2.27. The third-order valence-corrected chi connectivity index (χ3v) is 8.04. The number of aromatic nitrogens is 1. The van der Waals surface area contributed by atoms with Crippen molar-refractivity contribution in [3.8, 4) is 0 Å². The summed E-state index contributed by atoms with van der Waals surface area (Å²) in [6.07, 6.45) is 2.53. The van der Waals surface area contributed by atoms with Crippen molar-refractivity contribution in [1.29, 1.82) is 0 Å². The number of carbonyl (C=O) groups excluding carboxylic acids is 1. The van der Waals surface area contributed by atoms with Gasteiger partial charge >= 0.3 is 0 Å². The van der Waals surface area contributed by atoms with Crippen molar-refractivity contribution < 1.29 is 13.2 Å². The zero-order valence-corrected chi connectivity index (χ0v) is 17.8. The first-order valence-electron chi connectivity index (χ1n) is 10.5. The van der Waals surface area contributed by atoms with E-state index in [-0.39, 0.29) is 22.9 Å². The molecular formula is C23H23N3O4S. The van der Waals surface area contributed by atoms with Crippen molar-refractivity contribution >= 4 is 32.5 Å². The van der Waals surface area contributed by atoms with Gasteiger partial charge in [0.05, 0.1) is 10.4 Å². The van der Waals surface area contributed by atoms with Crippen LogP contribution in [-0.2, 0) is 27.8 Å². The minimum Gasteiger partial charge on any atom is -0.310 e. The first-order chi connectivity index (χ1) is 14.9. The SMILES string of the molecule is O=C(Cn1c(=O)ccc2cc(S(=O)(=O)N3CCCC3)ccc21)N1CCc2ccccc21. The summed E-state index contributed by atoms with van der Waals surface area (Å²) in [7, 11) is -3.55. The molecule has 0 atom stereocenters. The van der Waals surface area contributed by atoms with E-state index in [1.165, 1.54) is 21.0 Å². The van der Waals surface area contributed by atoms with Gasteiger partial charge in [-0.3, -0.25) is 14.2 Å². The smallest absolute Gasteiger partial charge is 0.251 e. The summed E-state index contributed by atoms with van der Waals surface area (Å²) in [6, 6.07) is 15.5. The molecule has 1 aromatic heterocycles. The van der Waals surface area contributed by atoms with Gasteiger partial charge in [0, 0.05) is 31.4 Å². The van der Waals surface area contributed by atoms with E-state index in [1.54, 1.807) is 23.1 Å². The lowest BCUT2D eigenvalue weighted by molar-refractivity contribution is -0.119. The maximum atomic E-state index is 13.0. The summed E-state index contributed by atoms with van der Waals surface area (Å²) in [5, 5.41) is 0.620. The number of amides is 1. The zero-order valence-electron chi connectivity index (χ0n) is 17.0. The van der Waals surface area contributed by atoms with Crippen LogP contribution in [0.3, 0.4) is 0 Å². The molecule has 0 spiro atoms. The summed E-state index contributed by atoms with van der Waals surface area (Å²) in [6.45, 7) is 1.57. The highest BCUT2D eigenvalue weighted by Gasteiger charge is 2.28. The van der Waals surface area contributed by atoms with Gasteiger partial charge in [-0.05, 0) is 60.5 Å². The summed E-state index contributed by atoms with van der Waals surface area (Å²) >= 11 is 0. The first-order valence-corrected chi connectivity index (χ1v) is 11.9. The van der Waals surface area contributed by atoms with Crippen LogP contribution in [0.2, 0.25) is 0 Å². The number of pyridine rings is 1. The van der Waals surface area contributed by atoms with Crippen LogP contribution >= 0.6 is 0 Å². The minimum absolute atomic E-state index is 0.0945. The third-order valence-electron chi connectivity index (χ3n) is 6.15. The van der Waals surface area contributed by atoms with Crippen molar-refractivity contribution in [2.24, 2.45) is 0 Å². The van der Waals surface area contributed by atoms with Crippen molar-refractivity contribution in [3.63, 3.8) is 0 Å². The largest absolute Gasteiger partial charge is 0.310 e. The van der Waals surface area contributed by atoms with E-state index < -0.39 is 10.0 Å². The van der Waals surface area contributed by atoms with Crippen LogP contribution in [0.4, 0.5) is 5.69 Å². The van der Waals surface area contributed by atoms with Crippen molar-refractivity contribution in [3.05, 3.63) is 70.5 Å². The molecule has 160 valence electrons. The minimum atomic E-state index is -3.55. The van der Waals surface area contributed by atoms with E-state index in [4.69, 9.17) is 0 Å². The fourth-order valence-corrected chi connectivity index (χ4v) is 6.05. The fourth-order valence-electron chi connectivity index (χ4n) is 4.50. The van der Waals surface area contributed by atoms with Crippen LogP contribution in [0.25, 0.3) is 10.9 Å². The lowest BCUT2D eigenvalue weighted by atomic mass is 10.2. The van der Waals surface area contributed by atoms with Crippen LogP contribution in [0.1, 0.15) is 18.4 Å².